The molecule has 0 aromatic rings. The molecule has 0 rings (SSSR count). The molecule has 57 heavy (non-hydrogen) atoms. The van der Waals surface area contributed by atoms with Gasteiger partial charge in [-0.15, -0.1) is 0 Å². The van der Waals surface area contributed by atoms with E-state index in [2.05, 4.69) is 11.1 Å². The molecule has 0 heterocycles. The van der Waals surface area contributed by atoms with Gasteiger partial charge in [-0.1, -0.05) is 64.7 Å². The molecule has 0 fully saturated rings. The average molecular weight is 847 g/mol. The van der Waals surface area contributed by atoms with Crippen LogP contribution in [-0.4, -0.2) is 147 Å². The van der Waals surface area contributed by atoms with E-state index in [0.29, 0.717) is 52.9 Å². The van der Waals surface area contributed by atoms with Crippen LogP contribution in [0.2, 0.25) is 0 Å². The first-order valence-corrected chi connectivity index (χ1v) is 23.1. The van der Waals surface area contributed by atoms with Crippen LogP contribution in [0.25, 0.3) is 0 Å². The molecule has 0 saturated carbocycles. The van der Waals surface area contributed by atoms with Crippen molar-refractivity contribution in [1.82, 2.24) is 0 Å². The summed E-state index contributed by atoms with van der Waals surface area (Å²) in [5.74, 6) is 0. The number of ether oxygens (including phenoxy) is 10. The van der Waals surface area contributed by atoms with Crippen molar-refractivity contribution in [3.8, 4) is 0 Å². The highest BCUT2D eigenvalue weighted by atomic mass is 32.3. The highest BCUT2D eigenvalue weighted by Crippen LogP contribution is 2.11. The van der Waals surface area contributed by atoms with Crippen LogP contribution in [0.1, 0.15) is 140 Å². The zero-order valence-corrected chi connectivity index (χ0v) is 38.6. The first-order chi connectivity index (χ1) is 27.0. The van der Waals surface area contributed by atoms with E-state index in [1.165, 1.54) is 64.7 Å². The lowest BCUT2D eigenvalue weighted by molar-refractivity contribution is -0.112. The molecule has 0 aliphatic rings. The van der Waals surface area contributed by atoms with Crippen LogP contribution in [0.15, 0.2) is 0 Å². The van der Waals surface area contributed by atoms with E-state index in [1.54, 1.807) is 6.92 Å². The van der Waals surface area contributed by atoms with Crippen molar-refractivity contribution in [3.63, 3.8) is 0 Å². The van der Waals surface area contributed by atoms with Crippen LogP contribution in [0, 0.1) is 0 Å². The fourth-order valence-electron chi connectivity index (χ4n) is 5.31. The van der Waals surface area contributed by atoms with Gasteiger partial charge < -0.3 is 47.4 Å². The van der Waals surface area contributed by atoms with Crippen molar-refractivity contribution in [2.75, 3.05) is 72.7 Å². The number of unbranched alkanes of at least 4 members (excludes halogenated alkanes) is 9. The van der Waals surface area contributed by atoms with Gasteiger partial charge in [-0.3, -0.25) is 4.55 Å². The SMILES string of the molecule is CCCCCCCCCCCCOCC(C)OCC(C)OCC(C)OCC(C)OCC(C)OCC(C)OCC(C)OCC(C)OCC(C)OCC(C)OS(=O)(=O)O. The van der Waals surface area contributed by atoms with Crippen LogP contribution in [-0.2, 0) is 62.0 Å². The van der Waals surface area contributed by atoms with E-state index in [9.17, 15) is 8.42 Å². The van der Waals surface area contributed by atoms with Gasteiger partial charge >= 0.3 is 10.4 Å². The molecule has 0 spiro atoms. The van der Waals surface area contributed by atoms with E-state index >= 15 is 0 Å². The molecule has 14 nitrogen and oxygen atoms in total. The van der Waals surface area contributed by atoms with Crippen molar-refractivity contribution >= 4 is 10.4 Å². The summed E-state index contributed by atoms with van der Waals surface area (Å²) in [6.07, 6.45) is 11.4. The number of hydrogen-bond acceptors (Lipinski definition) is 13. The van der Waals surface area contributed by atoms with E-state index in [-0.39, 0.29) is 68.1 Å². The van der Waals surface area contributed by atoms with E-state index < -0.39 is 16.5 Å². The minimum absolute atomic E-state index is 0.00568. The van der Waals surface area contributed by atoms with Crippen LogP contribution < -0.4 is 0 Å². The Morgan fingerprint density at radius 2 is 0.579 bits per heavy atom. The molecule has 15 heteroatoms. The summed E-state index contributed by atoms with van der Waals surface area (Å²) < 4.78 is 93.2. The Bertz CT molecular complexity index is 992. The maximum atomic E-state index is 10.8. The van der Waals surface area contributed by atoms with Gasteiger partial charge in [0.1, 0.15) is 0 Å². The van der Waals surface area contributed by atoms with Crippen molar-refractivity contribution in [2.45, 2.75) is 201 Å². The Morgan fingerprint density at radius 1 is 0.351 bits per heavy atom. The maximum Gasteiger partial charge on any atom is 0.397 e. The zero-order valence-electron chi connectivity index (χ0n) is 37.8. The Kier molecular flexibility index (Phi) is 35.8. The molecule has 0 aromatic heterocycles. The lowest BCUT2D eigenvalue weighted by Crippen LogP contribution is -2.30. The fourth-order valence-corrected chi connectivity index (χ4v) is 5.78. The van der Waals surface area contributed by atoms with E-state index in [0.717, 1.165) is 13.0 Å². The summed E-state index contributed by atoms with van der Waals surface area (Å²) in [7, 11) is -4.51. The van der Waals surface area contributed by atoms with Gasteiger partial charge in [0.2, 0.25) is 0 Å². The van der Waals surface area contributed by atoms with Crippen LogP contribution >= 0.6 is 0 Å². The summed E-state index contributed by atoms with van der Waals surface area (Å²) in [5.41, 5.74) is 0. The zero-order chi connectivity index (χ0) is 42.9. The molecule has 0 saturated heterocycles. The average Bonchev–Trinajstić information content (AvgIpc) is 3.16. The second-order valence-corrected chi connectivity index (χ2v) is 16.9. The van der Waals surface area contributed by atoms with Crippen LogP contribution in [0.5, 0.6) is 0 Å². The maximum absolute atomic E-state index is 10.8. The molecule has 0 aromatic carbocycles. The molecule has 1 N–H and O–H groups in total. The number of hydrogen-bond donors (Lipinski definition) is 1. The van der Waals surface area contributed by atoms with Crippen molar-refractivity contribution in [2.24, 2.45) is 0 Å². The first kappa shape index (κ1) is 56.5. The summed E-state index contributed by atoms with van der Waals surface area (Å²) in [6.45, 7) is 26.1. The molecular formula is C42H86O14S. The smallest absolute Gasteiger partial charge is 0.379 e. The van der Waals surface area contributed by atoms with Gasteiger partial charge in [-0.25, -0.2) is 4.18 Å². The third kappa shape index (κ3) is 39.4. The third-order valence-corrected chi connectivity index (χ3v) is 9.39. The van der Waals surface area contributed by atoms with Crippen LogP contribution in [0.4, 0.5) is 0 Å². The standard InChI is InChI=1S/C42H86O14S/c1-12-13-14-15-16-17-18-19-20-21-22-46-23-33(2)47-24-34(3)48-25-35(4)49-26-36(5)50-27-37(6)51-28-38(7)52-29-39(8)53-30-40(9)54-31-41(10)55-32-42(11)56-57(43,44)45/h33-42H,12-32H2,1-11H3,(H,43,44,45). The molecule has 0 bridgehead atoms. The van der Waals surface area contributed by atoms with Gasteiger partial charge in [0.25, 0.3) is 0 Å². The van der Waals surface area contributed by atoms with E-state index in [1.807, 2.05) is 55.4 Å². The molecule has 0 amide bonds. The lowest BCUT2D eigenvalue weighted by atomic mass is 10.1. The van der Waals surface area contributed by atoms with Gasteiger partial charge in [-0.05, 0) is 75.7 Å². The van der Waals surface area contributed by atoms with Gasteiger partial charge in [0, 0.05) is 6.61 Å². The third-order valence-electron chi connectivity index (χ3n) is 8.82. The molecule has 0 aliphatic heterocycles. The fraction of sp³-hybridized carbons (Fsp3) is 1.00. The second kappa shape index (κ2) is 36.2. The molecule has 10 atom stereocenters. The Balaban J connectivity index is 3.86. The van der Waals surface area contributed by atoms with Crippen molar-refractivity contribution < 1.29 is 64.5 Å². The topological polar surface area (TPSA) is 156 Å². The molecular weight excluding hydrogens is 761 g/mol. The minimum Gasteiger partial charge on any atom is -0.379 e. The molecule has 0 radical (unpaired) electrons. The van der Waals surface area contributed by atoms with Gasteiger partial charge in [-0.2, -0.15) is 8.42 Å². The monoisotopic (exact) mass is 847 g/mol. The largest absolute Gasteiger partial charge is 0.397 e. The van der Waals surface area contributed by atoms with Crippen LogP contribution in [0.3, 0.4) is 0 Å². The predicted molar refractivity (Wildman–Crippen MR) is 223 cm³/mol. The highest BCUT2D eigenvalue weighted by Gasteiger charge is 2.17. The van der Waals surface area contributed by atoms with Crippen molar-refractivity contribution in [1.29, 1.82) is 0 Å². The molecule has 10 unspecified atom stereocenters. The number of rotatable bonds is 42. The Morgan fingerprint density at radius 3 is 0.842 bits per heavy atom. The van der Waals surface area contributed by atoms with Gasteiger partial charge in [0.05, 0.1) is 127 Å². The second-order valence-electron chi connectivity index (χ2n) is 15.9. The predicted octanol–water partition coefficient (Wildman–Crippen LogP) is 7.78. The summed E-state index contributed by atoms with van der Waals surface area (Å²) >= 11 is 0. The van der Waals surface area contributed by atoms with Crippen molar-refractivity contribution in [3.05, 3.63) is 0 Å². The lowest BCUT2D eigenvalue weighted by Gasteiger charge is -2.23. The highest BCUT2D eigenvalue weighted by molar-refractivity contribution is 7.80. The summed E-state index contributed by atoms with van der Waals surface area (Å²) in [4.78, 5) is 0. The molecule has 0 aliphatic carbocycles. The van der Waals surface area contributed by atoms with E-state index in [4.69, 9.17) is 51.9 Å². The first-order valence-electron chi connectivity index (χ1n) is 21.8. The summed E-state index contributed by atoms with van der Waals surface area (Å²) in [6, 6.07) is 0. The Labute approximate surface area is 348 Å². The Hall–Kier alpha value is -0.530. The quantitative estimate of drug-likeness (QED) is 0.0470. The normalized spacial score (nSPS) is 17.8. The minimum atomic E-state index is -4.51. The molecule has 344 valence electrons. The summed E-state index contributed by atoms with van der Waals surface area (Å²) in [5, 5.41) is 0. The van der Waals surface area contributed by atoms with Gasteiger partial charge in [0.15, 0.2) is 0 Å².